The fourth-order valence-corrected chi connectivity index (χ4v) is 4.45. The number of piperidine rings is 1. The highest BCUT2D eigenvalue weighted by atomic mass is 32.2. The van der Waals surface area contributed by atoms with Crippen LogP contribution < -0.4 is 4.72 Å². The molecule has 0 radical (unpaired) electrons. The number of methoxy groups -OCH3 is 1. The van der Waals surface area contributed by atoms with Gasteiger partial charge in [-0.25, -0.2) is 13.1 Å². The number of hydrogen-bond donors (Lipinski definition) is 1. The van der Waals surface area contributed by atoms with Gasteiger partial charge in [-0.05, 0) is 44.9 Å². The molecule has 1 aliphatic heterocycles. The average Bonchev–Trinajstić information content (AvgIpc) is 2.44. The summed E-state index contributed by atoms with van der Waals surface area (Å²) in [5, 5.41) is 0. The van der Waals surface area contributed by atoms with E-state index in [1.54, 1.807) is 13.2 Å². The Morgan fingerprint density at radius 3 is 2.82 bits per heavy atom. The first kappa shape index (κ1) is 17.4. The average molecular weight is 326 g/mol. The van der Waals surface area contributed by atoms with Crippen molar-refractivity contribution in [2.45, 2.75) is 37.6 Å². The molecule has 1 unspecified atom stereocenters. The maximum Gasteiger partial charge on any atom is 0.241 e. The fourth-order valence-electron chi connectivity index (χ4n) is 2.96. The third kappa shape index (κ3) is 4.52. The molecule has 0 aromatic heterocycles. The van der Waals surface area contributed by atoms with Crippen molar-refractivity contribution >= 4 is 10.0 Å². The molecule has 2 rings (SSSR count). The van der Waals surface area contributed by atoms with E-state index in [2.05, 4.69) is 9.62 Å². The summed E-state index contributed by atoms with van der Waals surface area (Å²) in [5.74, 6) is 0. The Labute approximate surface area is 133 Å². The molecular weight excluding hydrogens is 300 g/mol. The van der Waals surface area contributed by atoms with Crippen LogP contribution in [0.25, 0.3) is 0 Å². The Morgan fingerprint density at radius 2 is 2.14 bits per heavy atom. The highest BCUT2D eigenvalue weighted by molar-refractivity contribution is 7.89. The molecule has 1 aromatic carbocycles. The van der Waals surface area contributed by atoms with Crippen molar-refractivity contribution in [3.05, 3.63) is 29.3 Å². The van der Waals surface area contributed by atoms with Crippen LogP contribution in [0.1, 0.15) is 24.0 Å². The summed E-state index contributed by atoms with van der Waals surface area (Å²) in [6.45, 7) is 7.08. The molecule has 1 aromatic rings. The summed E-state index contributed by atoms with van der Waals surface area (Å²) >= 11 is 0. The molecule has 0 amide bonds. The van der Waals surface area contributed by atoms with Gasteiger partial charge in [-0.3, -0.25) is 4.90 Å². The van der Waals surface area contributed by atoms with Gasteiger partial charge in [-0.1, -0.05) is 17.7 Å². The van der Waals surface area contributed by atoms with Gasteiger partial charge in [0.05, 0.1) is 11.5 Å². The minimum absolute atomic E-state index is 0.0312. The Balaban J connectivity index is 2.05. The number of hydrogen-bond acceptors (Lipinski definition) is 4. The third-order valence-electron chi connectivity index (χ3n) is 4.06. The summed E-state index contributed by atoms with van der Waals surface area (Å²) in [6, 6.07) is 5.41. The van der Waals surface area contributed by atoms with Gasteiger partial charge in [0.2, 0.25) is 10.0 Å². The minimum atomic E-state index is -3.46. The molecule has 1 atom stereocenters. The van der Waals surface area contributed by atoms with Gasteiger partial charge in [-0.15, -0.1) is 0 Å². The molecule has 1 heterocycles. The lowest BCUT2D eigenvalue weighted by molar-refractivity contribution is 0.126. The molecule has 1 fully saturated rings. The monoisotopic (exact) mass is 326 g/mol. The van der Waals surface area contributed by atoms with E-state index in [0.29, 0.717) is 11.5 Å². The molecule has 0 spiro atoms. The predicted molar refractivity (Wildman–Crippen MR) is 87.6 cm³/mol. The van der Waals surface area contributed by atoms with Gasteiger partial charge >= 0.3 is 0 Å². The van der Waals surface area contributed by atoms with Crippen LogP contribution in [-0.4, -0.2) is 52.7 Å². The number of sulfonamides is 1. The van der Waals surface area contributed by atoms with E-state index >= 15 is 0 Å². The second-order valence-corrected chi connectivity index (χ2v) is 7.71. The van der Waals surface area contributed by atoms with E-state index in [9.17, 15) is 8.42 Å². The van der Waals surface area contributed by atoms with Crippen molar-refractivity contribution in [1.82, 2.24) is 9.62 Å². The Hall–Kier alpha value is -0.950. The summed E-state index contributed by atoms with van der Waals surface area (Å²) in [7, 11) is -1.77. The van der Waals surface area contributed by atoms with Crippen LogP contribution in [0.2, 0.25) is 0 Å². The number of likely N-dealkylation sites (tertiary alicyclic amines) is 1. The Kier molecular flexibility index (Phi) is 5.97. The zero-order valence-corrected chi connectivity index (χ0v) is 14.4. The fraction of sp³-hybridized carbons (Fsp3) is 0.625. The second kappa shape index (κ2) is 7.55. The first-order chi connectivity index (χ1) is 10.4. The largest absolute Gasteiger partial charge is 0.383 e. The van der Waals surface area contributed by atoms with E-state index < -0.39 is 10.0 Å². The van der Waals surface area contributed by atoms with Crippen molar-refractivity contribution < 1.29 is 13.2 Å². The van der Waals surface area contributed by atoms with Crippen LogP contribution in [0.5, 0.6) is 0 Å². The summed E-state index contributed by atoms with van der Waals surface area (Å²) in [5.41, 5.74) is 1.86. The second-order valence-electron chi connectivity index (χ2n) is 6.02. The number of ether oxygens (including phenoxy) is 1. The van der Waals surface area contributed by atoms with E-state index in [1.165, 1.54) is 0 Å². The first-order valence-electron chi connectivity index (χ1n) is 7.73. The number of nitrogens with zero attached hydrogens (tertiary/aromatic N) is 1. The van der Waals surface area contributed by atoms with Crippen LogP contribution >= 0.6 is 0 Å². The van der Waals surface area contributed by atoms with Crippen LogP contribution in [0.15, 0.2) is 23.1 Å². The molecule has 6 heteroatoms. The predicted octanol–water partition coefficient (Wildman–Crippen LogP) is 1.69. The Bertz CT molecular complexity index is 601. The highest BCUT2D eigenvalue weighted by Crippen LogP contribution is 2.18. The van der Waals surface area contributed by atoms with Gasteiger partial charge in [0.15, 0.2) is 0 Å². The number of benzene rings is 1. The molecule has 1 N–H and O–H groups in total. The maximum absolute atomic E-state index is 12.6. The lowest BCUT2D eigenvalue weighted by Crippen LogP contribution is -2.48. The van der Waals surface area contributed by atoms with Crippen molar-refractivity contribution in [2.24, 2.45) is 0 Å². The standard InChI is InChI=1S/C16H26N2O3S/c1-13-6-7-16(14(2)11-13)22(19,20)17-15-5-4-8-18(12-15)9-10-21-3/h6-7,11,15,17H,4-5,8-10,12H2,1-3H3. The van der Waals surface area contributed by atoms with Crippen molar-refractivity contribution in [1.29, 1.82) is 0 Å². The normalized spacial score (nSPS) is 20.2. The summed E-state index contributed by atoms with van der Waals surface area (Å²) in [6.07, 6.45) is 1.89. The molecule has 124 valence electrons. The smallest absolute Gasteiger partial charge is 0.241 e. The molecule has 0 bridgehead atoms. The van der Waals surface area contributed by atoms with Gasteiger partial charge in [0, 0.05) is 26.2 Å². The highest BCUT2D eigenvalue weighted by Gasteiger charge is 2.25. The van der Waals surface area contributed by atoms with E-state index in [1.807, 2.05) is 26.0 Å². The lowest BCUT2D eigenvalue weighted by atomic mass is 10.1. The number of rotatable bonds is 6. The number of aryl methyl sites for hydroxylation is 2. The van der Waals surface area contributed by atoms with Crippen molar-refractivity contribution in [2.75, 3.05) is 33.4 Å². The lowest BCUT2D eigenvalue weighted by Gasteiger charge is -2.32. The third-order valence-corrected chi connectivity index (χ3v) is 5.74. The van der Waals surface area contributed by atoms with Gasteiger partial charge < -0.3 is 4.74 Å². The van der Waals surface area contributed by atoms with Gasteiger partial charge in [0.25, 0.3) is 0 Å². The van der Waals surface area contributed by atoms with Crippen molar-refractivity contribution in [3.63, 3.8) is 0 Å². The molecule has 22 heavy (non-hydrogen) atoms. The maximum atomic E-state index is 12.6. The first-order valence-corrected chi connectivity index (χ1v) is 9.21. The minimum Gasteiger partial charge on any atom is -0.383 e. The topological polar surface area (TPSA) is 58.6 Å². The quantitative estimate of drug-likeness (QED) is 0.864. The summed E-state index contributed by atoms with van der Waals surface area (Å²) < 4.78 is 33.2. The van der Waals surface area contributed by atoms with Gasteiger partial charge in [-0.2, -0.15) is 0 Å². The molecule has 0 aliphatic carbocycles. The zero-order valence-electron chi connectivity index (χ0n) is 13.6. The van der Waals surface area contributed by atoms with Crippen LogP contribution in [0.3, 0.4) is 0 Å². The zero-order chi connectivity index (χ0) is 16.2. The molecule has 1 saturated heterocycles. The SMILES string of the molecule is COCCN1CCCC(NS(=O)(=O)c2ccc(C)cc2C)C1. The van der Waals surface area contributed by atoms with E-state index in [-0.39, 0.29) is 6.04 Å². The number of nitrogens with one attached hydrogen (secondary N) is 1. The molecule has 1 aliphatic rings. The van der Waals surface area contributed by atoms with E-state index in [4.69, 9.17) is 4.74 Å². The molecule has 0 saturated carbocycles. The van der Waals surface area contributed by atoms with Gasteiger partial charge in [0.1, 0.15) is 0 Å². The van der Waals surface area contributed by atoms with E-state index in [0.717, 1.165) is 43.6 Å². The van der Waals surface area contributed by atoms with Crippen LogP contribution in [0, 0.1) is 13.8 Å². The van der Waals surface area contributed by atoms with Crippen LogP contribution in [0.4, 0.5) is 0 Å². The Morgan fingerprint density at radius 1 is 1.36 bits per heavy atom. The van der Waals surface area contributed by atoms with Crippen LogP contribution in [-0.2, 0) is 14.8 Å². The summed E-state index contributed by atoms with van der Waals surface area (Å²) in [4.78, 5) is 2.63. The molecular formula is C16H26N2O3S. The van der Waals surface area contributed by atoms with Crippen molar-refractivity contribution in [3.8, 4) is 0 Å². The molecule has 5 nitrogen and oxygen atoms in total.